The van der Waals surface area contributed by atoms with Crippen molar-refractivity contribution < 1.29 is 14.3 Å². The quantitative estimate of drug-likeness (QED) is 0.612. The predicted octanol–water partition coefficient (Wildman–Crippen LogP) is 4.32. The van der Waals surface area contributed by atoms with Crippen molar-refractivity contribution in [3.63, 3.8) is 0 Å². The molecule has 0 unspecified atom stereocenters. The Bertz CT molecular complexity index is 871. The molecule has 0 fully saturated rings. The Morgan fingerprint density at radius 2 is 1.77 bits per heavy atom. The molecule has 0 aliphatic carbocycles. The van der Waals surface area contributed by atoms with Gasteiger partial charge in [-0.3, -0.25) is 9.69 Å². The van der Waals surface area contributed by atoms with E-state index in [9.17, 15) is 9.59 Å². The molecule has 0 bridgehead atoms. The average molecular weight is 349 g/mol. The van der Waals surface area contributed by atoms with Gasteiger partial charge in [-0.15, -0.1) is 0 Å². The molecule has 134 valence electrons. The minimum absolute atomic E-state index is 0.0266. The summed E-state index contributed by atoms with van der Waals surface area (Å²) in [7, 11) is 0. The van der Waals surface area contributed by atoms with Crippen LogP contribution in [0.4, 0.5) is 0 Å². The van der Waals surface area contributed by atoms with Gasteiger partial charge in [0, 0.05) is 16.8 Å². The van der Waals surface area contributed by atoms with E-state index in [1.807, 2.05) is 37.3 Å². The molecule has 2 aromatic carbocycles. The third-order valence-electron chi connectivity index (χ3n) is 4.59. The van der Waals surface area contributed by atoms with E-state index in [4.69, 9.17) is 4.74 Å². The highest BCUT2D eigenvalue weighted by Crippen LogP contribution is 2.31. The summed E-state index contributed by atoms with van der Waals surface area (Å²) in [5.74, 6) is -0.195. The Balaban J connectivity index is 1.73. The van der Waals surface area contributed by atoms with Crippen LogP contribution in [0.25, 0.3) is 5.70 Å². The predicted molar refractivity (Wildman–Crippen MR) is 102 cm³/mol. The van der Waals surface area contributed by atoms with Crippen LogP contribution in [0.3, 0.4) is 0 Å². The molecule has 0 spiro atoms. The first-order valence-electron chi connectivity index (χ1n) is 8.60. The van der Waals surface area contributed by atoms with Crippen LogP contribution < -0.4 is 4.74 Å². The smallest absolute Gasteiger partial charge is 0.331 e. The molecule has 2 aromatic rings. The van der Waals surface area contributed by atoms with Crippen LogP contribution in [0.2, 0.25) is 0 Å². The van der Waals surface area contributed by atoms with E-state index < -0.39 is 5.97 Å². The number of nitrogens with zero attached hydrogens (tertiary/aromatic N) is 1. The largest absolute Gasteiger partial charge is 0.425 e. The number of rotatable bonds is 3. The standard InChI is InChI=1S/C22H23NO3/c1-14-12-16(22(3,4)5)10-11-19(14)26-20(24)13-23-15(2)17-8-6-7-9-18(17)21(23)25/h6-12H,2,13H2,1,3-5H3. The number of carbonyl (C=O) groups is 2. The van der Waals surface area contributed by atoms with Crippen molar-refractivity contribution in [2.24, 2.45) is 0 Å². The van der Waals surface area contributed by atoms with Gasteiger partial charge >= 0.3 is 5.97 Å². The average Bonchev–Trinajstić information content (AvgIpc) is 2.81. The fourth-order valence-electron chi connectivity index (χ4n) is 3.02. The lowest BCUT2D eigenvalue weighted by Crippen LogP contribution is -2.31. The second kappa shape index (κ2) is 6.45. The first-order valence-corrected chi connectivity index (χ1v) is 8.60. The van der Waals surface area contributed by atoms with Gasteiger partial charge in [-0.1, -0.05) is 57.7 Å². The molecule has 1 heterocycles. The summed E-state index contributed by atoms with van der Waals surface area (Å²) in [4.78, 5) is 26.2. The van der Waals surface area contributed by atoms with Crippen LogP contribution in [0.5, 0.6) is 5.75 Å². The first-order chi connectivity index (χ1) is 12.2. The van der Waals surface area contributed by atoms with Crippen LogP contribution in [0.1, 0.15) is 47.8 Å². The van der Waals surface area contributed by atoms with Crippen molar-refractivity contribution >= 4 is 17.6 Å². The van der Waals surface area contributed by atoms with Crippen LogP contribution >= 0.6 is 0 Å². The van der Waals surface area contributed by atoms with Gasteiger partial charge in [0.25, 0.3) is 5.91 Å². The Morgan fingerprint density at radius 3 is 2.35 bits per heavy atom. The van der Waals surface area contributed by atoms with Gasteiger partial charge in [0.05, 0.1) is 0 Å². The second-order valence-electron chi connectivity index (χ2n) is 7.59. The number of benzene rings is 2. The van der Waals surface area contributed by atoms with Gasteiger partial charge in [0.1, 0.15) is 12.3 Å². The van der Waals surface area contributed by atoms with E-state index in [2.05, 4.69) is 27.4 Å². The van der Waals surface area contributed by atoms with Crippen LogP contribution in [0, 0.1) is 6.92 Å². The van der Waals surface area contributed by atoms with Crippen LogP contribution in [0.15, 0.2) is 49.0 Å². The highest BCUT2D eigenvalue weighted by atomic mass is 16.5. The third-order valence-corrected chi connectivity index (χ3v) is 4.59. The number of amides is 1. The van der Waals surface area contributed by atoms with Crippen molar-refractivity contribution in [2.45, 2.75) is 33.1 Å². The zero-order chi connectivity index (χ0) is 19.1. The van der Waals surface area contributed by atoms with Gasteiger partial charge < -0.3 is 4.74 Å². The Labute approximate surface area is 154 Å². The molecule has 4 heteroatoms. The summed E-state index contributed by atoms with van der Waals surface area (Å²) in [5, 5.41) is 0. The lowest BCUT2D eigenvalue weighted by molar-refractivity contribution is -0.134. The summed E-state index contributed by atoms with van der Waals surface area (Å²) >= 11 is 0. The lowest BCUT2D eigenvalue weighted by Gasteiger charge is -2.21. The Morgan fingerprint density at radius 1 is 1.12 bits per heavy atom. The molecule has 1 aliphatic rings. The maximum Gasteiger partial charge on any atom is 0.331 e. The normalized spacial score (nSPS) is 13.8. The van der Waals surface area contributed by atoms with E-state index in [0.29, 0.717) is 17.0 Å². The number of ether oxygens (including phenoxy) is 1. The van der Waals surface area contributed by atoms with E-state index in [-0.39, 0.29) is 17.9 Å². The summed E-state index contributed by atoms with van der Waals surface area (Å²) < 4.78 is 5.50. The fraction of sp³-hybridized carbons (Fsp3) is 0.273. The van der Waals surface area contributed by atoms with Crippen LogP contribution in [-0.2, 0) is 10.2 Å². The second-order valence-corrected chi connectivity index (χ2v) is 7.59. The van der Waals surface area contributed by atoms with Crippen molar-refractivity contribution in [2.75, 3.05) is 6.54 Å². The van der Waals surface area contributed by atoms with Gasteiger partial charge in [-0.25, -0.2) is 4.79 Å². The number of esters is 1. The molecule has 4 nitrogen and oxygen atoms in total. The van der Waals surface area contributed by atoms with Gasteiger partial charge in [0.2, 0.25) is 0 Å². The maximum absolute atomic E-state index is 12.5. The van der Waals surface area contributed by atoms with E-state index in [1.54, 1.807) is 12.1 Å². The number of aryl methyl sites for hydroxylation is 1. The molecule has 0 aromatic heterocycles. The van der Waals surface area contributed by atoms with Gasteiger partial charge in [0.15, 0.2) is 0 Å². The summed E-state index contributed by atoms with van der Waals surface area (Å²) in [6.45, 7) is 12.1. The zero-order valence-corrected chi connectivity index (χ0v) is 15.6. The minimum atomic E-state index is -0.487. The molecule has 1 aliphatic heterocycles. The highest BCUT2D eigenvalue weighted by molar-refractivity contribution is 6.10. The Kier molecular flexibility index (Phi) is 4.45. The van der Waals surface area contributed by atoms with E-state index >= 15 is 0 Å². The van der Waals surface area contributed by atoms with Crippen LogP contribution in [-0.4, -0.2) is 23.3 Å². The monoisotopic (exact) mass is 349 g/mol. The van der Waals surface area contributed by atoms with Crippen molar-refractivity contribution in [3.05, 3.63) is 71.3 Å². The third kappa shape index (κ3) is 3.27. The number of fused-ring (bicyclic) bond motifs is 1. The van der Waals surface area contributed by atoms with E-state index in [0.717, 1.165) is 11.1 Å². The van der Waals surface area contributed by atoms with Crippen molar-refractivity contribution in [3.8, 4) is 5.75 Å². The first kappa shape index (κ1) is 17.9. The number of hydrogen-bond donors (Lipinski definition) is 0. The summed E-state index contributed by atoms with van der Waals surface area (Å²) in [6.07, 6.45) is 0. The van der Waals surface area contributed by atoms with Crippen molar-refractivity contribution in [1.82, 2.24) is 4.90 Å². The molecule has 26 heavy (non-hydrogen) atoms. The maximum atomic E-state index is 12.5. The topological polar surface area (TPSA) is 46.6 Å². The minimum Gasteiger partial charge on any atom is -0.425 e. The molecule has 0 saturated carbocycles. The molecule has 1 amide bonds. The summed E-state index contributed by atoms with van der Waals surface area (Å²) in [5.41, 5.74) is 3.95. The summed E-state index contributed by atoms with van der Waals surface area (Å²) in [6, 6.07) is 13.0. The SMILES string of the molecule is C=C1c2ccccc2C(=O)N1CC(=O)Oc1ccc(C(C)(C)C)cc1C. The van der Waals surface area contributed by atoms with Crippen molar-refractivity contribution in [1.29, 1.82) is 0 Å². The fourth-order valence-corrected chi connectivity index (χ4v) is 3.02. The van der Waals surface area contributed by atoms with E-state index in [1.165, 1.54) is 10.5 Å². The molecule has 0 atom stereocenters. The highest BCUT2D eigenvalue weighted by Gasteiger charge is 2.32. The number of carbonyl (C=O) groups excluding carboxylic acids is 2. The molecular formula is C22H23NO3. The molecule has 0 N–H and O–H groups in total. The van der Waals surface area contributed by atoms with Gasteiger partial charge in [-0.2, -0.15) is 0 Å². The lowest BCUT2D eigenvalue weighted by atomic mass is 9.86. The molecular weight excluding hydrogens is 326 g/mol. The molecule has 0 radical (unpaired) electrons. The molecule has 3 rings (SSSR count). The zero-order valence-electron chi connectivity index (χ0n) is 15.6. The number of hydrogen-bond acceptors (Lipinski definition) is 3. The Hall–Kier alpha value is -2.88. The molecule has 0 saturated heterocycles. The van der Waals surface area contributed by atoms with Gasteiger partial charge in [-0.05, 0) is 35.6 Å².